The first kappa shape index (κ1) is 15.6. The van der Waals surface area contributed by atoms with E-state index in [0.717, 1.165) is 38.1 Å². The molecule has 7 heteroatoms. The molecule has 1 aliphatic heterocycles. The van der Waals surface area contributed by atoms with Gasteiger partial charge in [-0.1, -0.05) is 19.8 Å². The van der Waals surface area contributed by atoms with E-state index in [0.29, 0.717) is 36.3 Å². The van der Waals surface area contributed by atoms with Crippen LogP contribution in [0.4, 0.5) is 0 Å². The van der Waals surface area contributed by atoms with Gasteiger partial charge < -0.3 is 14.5 Å². The number of rotatable bonds is 5. The van der Waals surface area contributed by atoms with Crippen molar-refractivity contribution in [2.45, 2.75) is 64.0 Å². The fraction of sp³-hybridized carbons (Fsp3) is 0.706. The van der Waals surface area contributed by atoms with Crippen LogP contribution in [0.5, 0.6) is 6.01 Å². The third-order valence-electron chi connectivity index (χ3n) is 4.95. The van der Waals surface area contributed by atoms with E-state index in [1.807, 2.05) is 4.57 Å². The number of nitrogens with one attached hydrogen (secondary N) is 1. The molecule has 1 saturated heterocycles. The fourth-order valence-electron chi connectivity index (χ4n) is 3.68. The zero-order valence-electron chi connectivity index (χ0n) is 14.1. The molecule has 1 N–H and O–H groups in total. The predicted molar refractivity (Wildman–Crippen MR) is 89.5 cm³/mol. The molecule has 0 spiro atoms. The average Bonchev–Trinajstić information content (AvgIpc) is 3.30. The lowest BCUT2D eigenvalue weighted by molar-refractivity contribution is 0.130. The Labute approximate surface area is 140 Å². The molecule has 1 saturated carbocycles. The predicted octanol–water partition coefficient (Wildman–Crippen LogP) is 2.35. The van der Waals surface area contributed by atoms with Crippen molar-refractivity contribution in [2.24, 2.45) is 0 Å². The highest BCUT2D eigenvalue weighted by Gasteiger charge is 2.25. The summed E-state index contributed by atoms with van der Waals surface area (Å²) >= 11 is 0. The number of aromatic nitrogens is 4. The van der Waals surface area contributed by atoms with Gasteiger partial charge in [0.25, 0.3) is 0 Å². The summed E-state index contributed by atoms with van der Waals surface area (Å²) in [7, 11) is 0. The summed E-state index contributed by atoms with van der Waals surface area (Å²) in [5.74, 6) is 1.35. The Morgan fingerprint density at radius 3 is 2.83 bits per heavy atom. The lowest BCUT2D eigenvalue weighted by Crippen LogP contribution is -2.23. The Bertz CT molecular complexity index is 770. The van der Waals surface area contributed by atoms with Gasteiger partial charge in [-0.3, -0.25) is 9.36 Å². The van der Waals surface area contributed by atoms with E-state index in [2.05, 4.69) is 16.9 Å². The van der Waals surface area contributed by atoms with Crippen LogP contribution < -0.4 is 10.3 Å². The van der Waals surface area contributed by atoms with Gasteiger partial charge in [0.05, 0.1) is 13.2 Å². The molecule has 0 amide bonds. The normalized spacial score (nSPS) is 21.8. The lowest BCUT2D eigenvalue weighted by Gasteiger charge is -2.16. The van der Waals surface area contributed by atoms with Crippen LogP contribution in [0.25, 0.3) is 11.2 Å². The molecule has 0 bridgehead atoms. The van der Waals surface area contributed by atoms with Crippen LogP contribution >= 0.6 is 0 Å². The lowest BCUT2D eigenvalue weighted by atomic mass is 10.1. The minimum atomic E-state index is -0.289. The van der Waals surface area contributed by atoms with Crippen LogP contribution in [-0.4, -0.2) is 38.8 Å². The van der Waals surface area contributed by atoms with E-state index in [4.69, 9.17) is 14.5 Å². The molecule has 2 fully saturated rings. The van der Waals surface area contributed by atoms with Crippen molar-refractivity contribution < 1.29 is 9.47 Å². The minimum Gasteiger partial charge on any atom is -0.459 e. The summed E-state index contributed by atoms with van der Waals surface area (Å²) < 4.78 is 13.2. The van der Waals surface area contributed by atoms with E-state index in [1.54, 1.807) is 0 Å². The molecule has 4 rings (SSSR count). The van der Waals surface area contributed by atoms with Gasteiger partial charge in [0.2, 0.25) is 0 Å². The highest BCUT2D eigenvalue weighted by Crippen LogP contribution is 2.33. The maximum atomic E-state index is 12.5. The van der Waals surface area contributed by atoms with Crippen LogP contribution in [0, 0.1) is 0 Å². The Hall–Kier alpha value is -1.89. The van der Waals surface area contributed by atoms with Crippen LogP contribution in [0.3, 0.4) is 0 Å². The quantitative estimate of drug-likeness (QED) is 0.909. The number of imidazole rings is 1. The SMILES string of the molecule is CCCn1c(O[C@@H]2CCOC2)nc(=O)c2[nH]c(C3CCCC3)nc21. The molecule has 130 valence electrons. The second-order valence-electron chi connectivity index (χ2n) is 6.76. The minimum absolute atomic E-state index is 0.0364. The molecule has 2 aliphatic rings. The maximum absolute atomic E-state index is 12.5. The van der Waals surface area contributed by atoms with Crippen LogP contribution in [-0.2, 0) is 11.3 Å². The number of H-pyrrole nitrogens is 1. The van der Waals surface area contributed by atoms with Gasteiger partial charge in [0.1, 0.15) is 11.9 Å². The maximum Gasteiger partial charge on any atom is 0.301 e. The van der Waals surface area contributed by atoms with E-state index in [-0.39, 0.29) is 11.7 Å². The monoisotopic (exact) mass is 332 g/mol. The van der Waals surface area contributed by atoms with Crippen molar-refractivity contribution in [3.63, 3.8) is 0 Å². The zero-order valence-corrected chi connectivity index (χ0v) is 14.1. The first-order chi connectivity index (χ1) is 11.8. The molecule has 7 nitrogen and oxygen atoms in total. The van der Waals surface area contributed by atoms with E-state index >= 15 is 0 Å². The van der Waals surface area contributed by atoms with Gasteiger partial charge in [-0.15, -0.1) is 0 Å². The number of ether oxygens (including phenoxy) is 2. The Morgan fingerprint density at radius 2 is 2.12 bits per heavy atom. The van der Waals surface area contributed by atoms with Crippen LogP contribution in [0.1, 0.15) is 57.2 Å². The van der Waals surface area contributed by atoms with Crippen LogP contribution in [0.2, 0.25) is 0 Å². The Kier molecular flexibility index (Phi) is 4.26. The molecule has 2 aromatic heterocycles. The first-order valence-corrected chi connectivity index (χ1v) is 9.01. The zero-order chi connectivity index (χ0) is 16.5. The highest BCUT2D eigenvalue weighted by atomic mass is 16.6. The summed E-state index contributed by atoms with van der Waals surface area (Å²) in [5, 5.41) is 0. The fourth-order valence-corrected chi connectivity index (χ4v) is 3.68. The topological polar surface area (TPSA) is 82.0 Å². The van der Waals surface area contributed by atoms with Crippen LogP contribution in [0.15, 0.2) is 4.79 Å². The van der Waals surface area contributed by atoms with Gasteiger partial charge >= 0.3 is 11.6 Å². The smallest absolute Gasteiger partial charge is 0.301 e. The molecular weight excluding hydrogens is 308 g/mol. The molecule has 1 atom stereocenters. The molecule has 0 radical (unpaired) electrons. The second-order valence-corrected chi connectivity index (χ2v) is 6.76. The molecule has 0 unspecified atom stereocenters. The van der Waals surface area contributed by atoms with Crippen molar-refractivity contribution in [3.05, 3.63) is 16.2 Å². The van der Waals surface area contributed by atoms with Crippen molar-refractivity contribution in [3.8, 4) is 6.01 Å². The highest BCUT2D eigenvalue weighted by molar-refractivity contribution is 5.70. The summed E-state index contributed by atoms with van der Waals surface area (Å²) in [6, 6.07) is 0.370. The number of hydrogen-bond donors (Lipinski definition) is 1. The van der Waals surface area contributed by atoms with Gasteiger partial charge in [0, 0.05) is 18.9 Å². The average molecular weight is 332 g/mol. The Balaban J connectivity index is 1.77. The van der Waals surface area contributed by atoms with Gasteiger partial charge in [0.15, 0.2) is 11.2 Å². The van der Waals surface area contributed by atoms with E-state index in [9.17, 15) is 4.79 Å². The van der Waals surface area contributed by atoms with Gasteiger partial charge in [-0.2, -0.15) is 4.98 Å². The third kappa shape index (κ3) is 2.81. The second kappa shape index (κ2) is 6.55. The molecule has 2 aromatic rings. The Morgan fingerprint density at radius 1 is 1.29 bits per heavy atom. The summed E-state index contributed by atoms with van der Waals surface area (Å²) in [5.41, 5.74) is 0.885. The van der Waals surface area contributed by atoms with Crippen molar-refractivity contribution in [1.29, 1.82) is 0 Å². The number of aromatic amines is 1. The summed E-state index contributed by atoms with van der Waals surface area (Å²) in [6.07, 6.45) is 6.45. The molecule has 3 heterocycles. The van der Waals surface area contributed by atoms with Gasteiger partial charge in [-0.25, -0.2) is 4.98 Å². The van der Waals surface area contributed by atoms with Crippen molar-refractivity contribution in [2.75, 3.05) is 13.2 Å². The summed E-state index contributed by atoms with van der Waals surface area (Å²) in [6.45, 7) is 4.06. The van der Waals surface area contributed by atoms with E-state index in [1.165, 1.54) is 12.8 Å². The summed E-state index contributed by atoms with van der Waals surface area (Å²) in [4.78, 5) is 24.6. The van der Waals surface area contributed by atoms with Crippen molar-refractivity contribution in [1.82, 2.24) is 19.5 Å². The van der Waals surface area contributed by atoms with Crippen molar-refractivity contribution >= 4 is 11.2 Å². The number of nitrogens with zero attached hydrogens (tertiary/aromatic N) is 3. The molecular formula is C17H24N4O3. The first-order valence-electron chi connectivity index (χ1n) is 9.01. The third-order valence-corrected chi connectivity index (χ3v) is 4.95. The largest absolute Gasteiger partial charge is 0.459 e. The number of aryl methyl sites for hydroxylation is 1. The molecule has 0 aromatic carbocycles. The molecule has 24 heavy (non-hydrogen) atoms. The number of fused-ring (bicyclic) bond motifs is 1. The number of hydrogen-bond acceptors (Lipinski definition) is 5. The molecule has 1 aliphatic carbocycles. The standard InChI is InChI=1S/C17H24N4O3/c1-2-8-21-15-13(18-14(19-15)11-5-3-4-6-11)16(22)20-17(21)24-12-7-9-23-10-12/h11-12H,2-10H2,1H3,(H,18,19)/t12-/m1/s1. The van der Waals surface area contributed by atoms with Gasteiger partial charge in [-0.05, 0) is 19.3 Å². The van der Waals surface area contributed by atoms with E-state index < -0.39 is 0 Å².